The van der Waals surface area contributed by atoms with Gasteiger partial charge in [0.25, 0.3) is 0 Å². The molecule has 8 heteroatoms. The number of nitrogens with one attached hydrogen (secondary N) is 1. The van der Waals surface area contributed by atoms with Gasteiger partial charge in [0.2, 0.25) is 5.91 Å². The zero-order chi connectivity index (χ0) is 22.1. The second-order valence-corrected chi connectivity index (χ2v) is 8.25. The number of aliphatic hydroxyl groups is 2. The van der Waals surface area contributed by atoms with Gasteiger partial charge in [0.1, 0.15) is 22.7 Å². The highest BCUT2D eigenvalue weighted by Crippen LogP contribution is 2.43. The van der Waals surface area contributed by atoms with Gasteiger partial charge in [-0.3, -0.25) is 4.79 Å². The molecule has 30 heavy (non-hydrogen) atoms. The largest absolute Gasteiger partial charge is 0.496 e. The third-order valence-corrected chi connectivity index (χ3v) is 5.51. The maximum absolute atomic E-state index is 12.7. The normalized spacial score (nSPS) is 15.9. The van der Waals surface area contributed by atoms with E-state index in [2.05, 4.69) is 5.32 Å². The van der Waals surface area contributed by atoms with Crippen LogP contribution < -0.4 is 20.4 Å². The van der Waals surface area contributed by atoms with Crippen LogP contribution >= 0.6 is 0 Å². The van der Waals surface area contributed by atoms with Crippen LogP contribution in [-0.2, 0) is 17.6 Å². The van der Waals surface area contributed by atoms with Crippen molar-refractivity contribution in [2.24, 2.45) is 0 Å². The highest BCUT2D eigenvalue weighted by molar-refractivity contribution is 5.92. The number of ether oxygens (including phenoxy) is 2. The van der Waals surface area contributed by atoms with Crippen molar-refractivity contribution in [3.05, 3.63) is 33.2 Å². The van der Waals surface area contributed by atoms with Crippen LogP contribution in [0, 0.1) is 6.92 Å². The second kappa shape index (κ2) is 8.65. The summed E-state index contributed by atoms with van der Waals surface area (Å²) in [4.78, 5) is 24.8. The summed E-state index contributed by atoms with van der Waals surface area (Å²) < 4.78 is 17.4. The van der Waals surface area contributed by atoms with Gasteiger partial charge in [-0.1, -0.05) is 0 Å². The molecule has 1 aliphatic rings. The van der Waals surface area contributed by atoms with Gasteiger partial charge in [0, 0.05) is 30.2 Å². The molecule has 0 spiro atoms. The summed E-state index contributed by atoms with van der Waals surface area (Å²) >= 11 is 0. The zero-order valence-electron chi connectivity index (χ0n) is 17.8. The van der Waals surface area contributed by atoms with Crippen LogP contribution in [0.3, 0.4) is 0 Å². The van der Waals surface area contributed by atoms with Crippen molar-refractivity contribution in [2.75, 3.05) is 20.3 Å². The van der Waals surface area contributed by atoms with E-state index in [-0.39, 0.29) is 30.9 Å². The van der Waals surface area contributed by atoms with E-state index in [1.54, 1.807) is 7.11 Å². The Hall–Kier alpha value is -2.58. The minimum absolute atomic E-state index is 0.0447. The Bertz CT molecular complexity index is 1010. The Morgan fingerprint density at radius 2 is 2.13 bits per heavy atom. The lowest BCUT2D eigenvalue weighted by Gasteiger charge is -2.33. The molecule has 3 N–H and O–H groups in total. The molecule has 0 aliphatic carbocycles. The Morgan fingerprint density at radius 3 is 2.80 bits per heavy atom. The second-order valence-electron chi connectivity index (χ2n) is 8.25. The fourth-order valence-corrected chi connectivity index (χ4v) is 3.76. The summed E-state index contributed by atoms with van der Waals surface area (Å²) in [5.74, 6) is 0.890. The third-order valence-electron chi connectivity index (χ3n) is 5.51. The molecule has 1 atom stereocenters. The molecule has 0 bridgehead atoms. The molecule has 0 unspecified atom stereocenters. The maximum atomic E-state index is 12.7. The molecule has 1 aromatic carbocycles. The third kappa shape index (κ3) is 4.44. The smallest absolute Gasteiger partial charge is 0.339 e. The van der Waals surface area contributed by atoms with Crippen molar-refractivity contribution in [2.45, 2.75) is 58.2 Å². The number of aryl methyl sites for hydroxylation is 2. The molecule has 0 saturated carbocycles. The molecule has 0 saturated heterocycles. The molecule has 3 rings (SSSR count). The van der Waals surface area contributed by atoms with Gasteiger partial charge in [-0.15, -0.1) is 0 Å². The molecule has 1 aliphatic heterocycles. The predicted octanol–water partition coefficient (Wildman–Crippen LogP) is 1.62. The van der Waals surface area contributed by atoms with Gasteiger partial charge >= 0.3 is 5.63 Å². The number of benzene rings is 1. The summed E-state index contributed by atoms with van der Waals surface area (Å²) in [5, 5.41) is 21.4. The SMILES string of the molecule is COc1cc2c(c3oc(=O)c(CCC(=O)NC[C@@H](O)CO)c(C)c13)CCC(C)(C)O2. The Balaban J connectivity index is 1.95. The van der Waals surface area contributed by atoms with Crippen LogP contribution in [0.4, 0.5) is 0 Å². The number of hydrogen-bond acceptors (Lipinski definition) is 7. The highest BCUT2D eigenvalue weighted by Gasteiger charge is 2.31. The van der Waals surface area contributed by atoms with Crippen molar-refractivity contribution in [3.8, 4) is 11.5 Å². The molecular weight excluding hydrogens is 390 g/mol. The van der Waals surface area contributed by atoms with Crippen molar-refractivity contribution >= 4 is 16.9 Å². The standard InChI is InChI=1S/C22H29NO7/c1-12-14(5-6-18(26)23-10-13(25)11-24)21(27)29-20-15-7-8-22(2,3)30-16(15)9-17(28-4)19(12)20/h9,13,24-25H,5-8,10-11H2,1-4H3,(H,23,26)/t13-/m1/s1. The molecule has 1 aromatic heterocycles. The lowest BCUT2D eigenvalue weighted by molar-refractivity contribution is -0.121. The van der Waals surface area contributed by atoms with Crippen molar-refractivity contribution in [3.63, 3.8) is 0 Å². The van der Waals surface area contributed by atoms with Crippen molar-refractivity contribution in [1.82, 2.24) is 5.32 Å². The lowest BCUT2D eigenvalue weighted by Crippen LogP contribution is -2.34. The number of methoxy groups -OCH3 is 1. The zero-order valence-corrected chi connectivity index (χ0v) is 17.8. The van der Waals surface area contributed by atoms with E-state index < -0.39 is 18.3 Å². The van der Waals surface area contributed by atoms with Gasteiger partial charge in [-0.2, -0.15) is 0 Å². The molecule has 0 fully saturated rings. The first-order valence-corrected chi connectivity index (χ1v) is 10.1. The van der Waals surface area contributed by atoms with Gasteiger partial charge in [0.05, 0.1) is 25.2 Å². The van der Waals surface area contributed by atoms with E-state index in [1.165, 1.54) is 0 Å². The van der Waals surface area contributed by atoms with Gasteiger partial charge < -0.3 is 29.4 Å². The van der Waals surface area contributed by atoms with Crippen molar-refractivity contribution in [1.29, 1.82) is 0 Å². The van der Waals surface area contributed by atoms with E-state index in [0.717, 1.165) is 18.4 Å². The van der Waals surface area contributed by atoms with Crippen LogP contribution in [0.15, 0.2) is 15.3 Å². The van der Waals surface area contributed by atoms with E-state index in [1.807, 2.05) is 26.8 Å². The number of rotatable bonds is 7. The number of carbonyl (C=O) groups is 1. The summed E-state index contributed by atoms with van der Waals surface area (Å²) in [5.41, 5.74) is 1.67. The van der Waals surface area contributed by atoms with Crippen molar-refractivity contribution < 1.29 is 28.9 Å². The summed E-state index contributed by atoms with van der Waals surface area (Å²) in [6, 6.07) is 1.83. The first-order chi connectivity index (χ1) is 14.2. The number of carbonyl (C=O) groups excluding carboxylic acids is 1. The maximum Gasteiger partial charge on any atom is 0.339 e. The monoisotopic (exact) mass is 419 g/mol. The summed E-state index contributed by atoms with van der Waals surface area (Å²) in [6.45, 7) is 5.38. The van der Waals surface area contributed by atoms with E-state index in [9.17, 15) is 14.7 Å². The minimum Gasteiger partial charge on any atom is -0.496 e. The topological polar surface area (TPSA) is 118 Å². The molecular formula is C22H29NO7. The van der Waals surface area contributed by atoms with Gasteiger partial charge in [-0.25, -0.2) is 4.79 Å². The fraction of sp³-hybridized carbons (Fsp3) is 0.545. The van der Waals surface area contributed by atoms with Crippen LogP contribution in [0.2, 0.25) is 0 Å². The number of amides is 1. The molecule has 8 nitrogen and oxygen atoms in total. The quantitative estimate of drug-likeness (QED) is 0.584. The fourth-order valence-electron chi connectivity index (χ4n) is 3.76. The van der Waals surface area contributed by atoms with Crippen LogP contribution in [0.25, 0.3) is 11.0 Å². The van der Waals surface area contributed by atoms with Gasteiger partial charge in [0.15, 0.2) is 0 Å². The van der Waals surface area contributed by atoms with E-state index in [4.69, 9.17) is 19.0 Å². The Labute approximate surface area is 174 Å². The number of aliphatic hydroxyl groups excluding tert-OH is 2. The Morgan fingerprint density at radius 1 is 1.40 bits per heavy atom. The van der Waals surface area contributed by atoms with E-state index in [0.29, 0.717) is 33.6 Å². The van der Waals surface area contributed by atoms with Crippen LogP contribution in [-0.4, -0.2) is 48.1 Å². The van der Waals surface area contributed by atoms with Crippen LogP contribution in [0.1, 0.15) is 43.4 Å². The Kier molecular flexibility index (Phi) is 6.38. The molecule has 1 amide bonds. The summed E-state index contributed by atoms with van der Waals surface area (Å²) in [7, 11) is 1.55. The van der Waals surface area contributed by atoms with Crippen LogP contribution in [0.5, 0.6) is 11.5 Å². The molecule has 0 radical (unpaired) electrons. The lowest BCUT2D eigenvalue weighted by atomic mass is 9.91. The number of fused-ring (bicyclic) bond motifs is 3. The summed E-state index contributed by atoms with van der Waals surface area (Å²) in [6.07, 6.45) is 0.754. The number of hydrogen-bond donors (Lipinski definition) is 3. The molecule has 2 aromatic rings. The average molecular weight is 419 g/mol. The minimum atomic E-state index is -1.01. The van der Waals surface area contributed by atoms with E-state index >= 15 is 0 Å². The first kappa shape index (κ1) is 22.1. The predicted molar refractivity (Wildman–Crippen MR) is 111 cm³/mol. The first-order valence-electron chi connectivity index (χ1n) is 10.1. The highest BCUT2D eigenvalue weighted by atomic mass is 16.5. The average Bonchev–Trinajstić information content (AvgIpc) is 2.69. The molecule has 164 valence electrons. The van der Waals surface area contributed by atoms with Gasteiger partial charge in [-0.05, 0) is 45.6 Å². The molecule has 2 heterocycles.